The number of urea groups is 1. The van der Waals surface area contributed by atoms with Crippen molar-refractivity contribution in [2.24, 2.45) is 0 Å². The van der Waals surface area contributed by atoms with Gasteiger partial charge in [0.1, 0.15) is 5.75 Å². The van der Waals surface area contributed by atoms with E-state index in [1.165, 1.54) is 0 Å². The number of hydrogen-bond donors (Lipinski definition) is 3. The Morgan fingerprint density at radius 1 is 1.35 bits per heavy atom. The number of carbonyl (C=O) groups is 1. The van der Waals surface area contributed by atoms with Crippen LogP contribution in [0.4, 0.5) is 10.5 Å². The average Bonchev–Trinajstić information content (AvgIpc) is 2.39. The maximum absolute atomic E-state index is 12.0. The van der Waals surface area contributed by atoms with E-state index >= 15 is 0 Å². The second-order valence-corrected chi connectivity index (χ2v) is 5.12. The van der Waals surface area contributed by atoms with Crippen molar-refractivity contribution in [2.45, 2.75) is 25.3 Å². The van der Waals surface area contributed by atoms with Crippen molar-refractivity contribution < 1.29 is 9.53 Å². The average molecular weight is 300 g/mol. The highest BCUT2D eigenvalue weighted by atomic mass is 35.5. The molecule has 112 valence electrons. The number of ether oxygens (including phenoxy) is 1. The molecule has 0 aromatic heterocycles. The zero-order valence-corrected chi connectivity index (χ0v) is 12.7. The molecule has 1 fully saturated rings. The predicted molar refractivity (Wildman–Crippen MR) is 82.9 cm³/mol. The van der Waals surface area contributed by atoms with Crippen LogP contribution in [0.3, 0.4) is 0 Å². The quantitative estimate of drug-likeness (QED) is 0.803. The Morgan fingerprint density at radius 2 is 2.05 bits per heavy atom. The fourth-order valence-electron chi connectivity index (χ4n) is 2.24. The largest absolute Gasteiger partial charge is 0.497 e. The molecule has 6 heteroatoms. The van der Waals surface area contributed by atoms with E-state index in [-0.39, 0.29) is 24.0 Å². The molecule has 0 bridgehead atoms. The van der Waals surface area contributed by atoms with Gasteiger partial charge in [0.2, 0.25) is 0 Å². The van der Waals surface area contributed by atoms with Gasteiger partial charge in [-0.1, -0.05) is 6.07 Å². The lowest BCUT2D eigenvalue weighted by atomic mass is 9.91. The number of anilines is 1. The van der Waals surface area contributed by atoms with Gasteiger partial charge in [-0.05, 0) is 45.0 Å². The lowest BCUT2D eigenvalue weighted by Gasteiger charge is -2.34. The standard InChI is InChI=1S/C14H21N3O2.ClH/c1-14(6-8-15-9-7-14)17-13(18)16-11-4-3-5-12(10-11)19-2;/h3-5,10,15H,6-9H2,1-2H3,(H2,16,17,18);1H. The van der Waals surface area contributed by atoms with Crippen LogP contribution < -0.4 is 20.7 Å². The molecule has 1 aliphatic heterocycles. The molecule has 0 aliphatic carbocycles. The Morgan fingerprint density at radius 3 is 2.70 bits per heavy atom. The van der Waals surface area contributed by atoms with Gasteiger partial charge >= 0.3 is 6.03 Å². The molecule has 1 aromatic carbocycles. The number of piperidine rings is 1. The lowest BCUT2D eigenvalue weighted by Crippen LogP contribution is -2.53. The van der Waals surface area contributed by atoms with Crippen molar-refractivity contribution in [3.05, 3.63) is 24.3 Å². The summed E-state index contributed by atoms with van der Waals surface area (Å²) in [4.78, 5) is 12.0. The number of hydrogen-bond acceptors (Lipinski definition) is 3. The number of methoxy groups -OCH3 is 1. The smallest absolute Gasteiger partial charge is 0.319 e. The normalized spacial score (nSPS) is 16.7. The molecule has 0 unspecified atom stereocenters. The van der Waals surface area contributed by atoms with Crippen LogP contribution in [0.1, 0.15) is 19.8 Å². The number of carbonyl (C=O) groups excluding carboxylic acids is 1. The van der Waals surface area contributed by atoms with E-state index in [2.05, 4.69) is 22.9 Å². The van der Waals surface area contributed by atoms with Gasteiger partial charge in [0, 0.05) is 17.3 Å². The van der Waals surface area contributed by atoms with Crippen LogP contribution in [0, 0.1) is 0 Å². The molecule has 0 atom stereocenters. The summed E-state index contributed by atoms with van der Waals surface area (Å²) >= 11 is 0. The minimum atomic E-state index is -0.169. The Hall–Kier alpha value is -1.46. The molecule has 1 aliphatic rings. The summed E-state index contributed by atoms with van der Waals surface area (Å²) in [5.74, 6) is 0.728. The summed E-state index contributed by atoms with van der Waals surface area (Å²) in [6, 6.07) is 7.16. The summed E-state index contributed by atoms with van der Waals surface area (Å²) in [5, 5.41) is 9.18. The molecule has 1 saturated heterocycles. The minimum Gasteiger partial charge on any atom is -0.497 e. The second-order valence-electron chi connectivity index (χ2n) is 5.12. The Kier molecular flexibility index (Phi) is 6.10. The number of rotatable bonds is 3. The Labute approximate surface area is 125 Å². The molecule has 0 radical (unpaired) electrons. The van der Waals surface area contributed by atoms with Crippen molar-refractivity contribution in [3.63, 3.8) is 0 Å². The summed E-state index contributed by atoms with van der Waals surface area (Å²) < 4.78 is 5.13. The fourth-order valence-corrected chi connectivity index (χ4v) is 2.24. The molecule has 3 N–H and O–H groups in total. The van der Waals surface area contributed by atoms with Gasteiger partial charge in [-0.3, -0.25) is 0 Å². The number of halogens is 1. The number of benzene rings is 1. The van der Waals surface area contributed by atoms with Crippen LogP contribution in [0.15, 0.2) is 24.3 Å². The molecule has 1 heterocycles. The highest BCUT2D eigenvalue weighted by Gasteiger charge is 2.28. The van der Waals surface area contributed by atoms with E-state index in [0.29, 0.717) is 0 Å². The summed E-state index contributed by atoms with van der Waals surface area (Å²) in [5.41, 5.74) is 0.600. The van der Waals surface area contributed by atoms with Gasteiger partial charge in [-0.15, -0.1) is 12.4 Å². The summed E-state index contributed by atoms with van der Waals surface area (Å²) in [7, 11) is 1.61. The lowest BCUT2D eigenvalue weighted by molar-refractivity contribution is 0.225. The molecular weight excluding hydrogens is 278 g/mol. The second kappa shape index (κ2) is 7.36. The monoisotopic (exact) mass is 299 g/mol. The first-order valence-electron chi connectivity index (χ1n) is 6.55. The third kappa shape index (κ3) is 4.58. The third-order valence-electron chi connectivity index (χ3n) is 3.45. The van der Waals surface area contributed by atoms with Gasteiger partial charge in [0.15, 0.2) is 0 Å². The Bertz CT molecular complexity index is 448. The van der Waals surface area contributed by atoms with Crippen molar-refractivity contribution >= 4 is 24.1 Å². The number of amides is 2. The van der Waals surface area contributed by atoms with Crippen LogP contribution in [0.5, 0.6) is 5.75 Å². The molecule has 2 amide bonds. The zero-order chi connectivity index (χ0) is 13.7. The molecule has 5 nitrogen and oxygen atoms in total. The third-order valence-corrected chi connectivity index (χ3v) is 3.45. The van der Waals surface area contributed by atoms with Gasteiger partial charge in [-0.25, -0.2) is 4.79 Å². The highest BCUT2D eigenvalue weighted by molar-refractivity contribution is 5.90. The molecular formula is C14H22ClN3O2. The first kappa shape index (κ1) is 16.6. The SMILES string of the molecule is COc1cccc(NC(=O)NC2(C)CCNCC2)c1.Cl. The molecule has 1 aromatic rings. The Balaban J connectivity index is 0.00000200. The fraction of sp³-hybridized carbons (Fsp3) is 0.500. The molecule has 0 spiro atoms. The number of nitrogens with one attached hydrogen (secondary N) is 3. The topological polar surface area (TPSA) is 62.4 Å². The van der Waals surface area contributed by atoms with Crippen molar-refractivity contribution in [1.82, 2.24) is 10.6 Å². The van der Waals surface area contributed by atoms with Crippen LogP contribution in [-0.2, 0) is 0 Å². The first-order chi connectivity index (χ1) is 9.11. The van der Waals surface area contributed by atoms with Crippen LogP contribution >= 0.6 is 12.4 Å². The molecule has 20 heavy (non-hydrogen) atoms. The highest BCUT2D eigenvalue weighted by Crippen LogP contribution is 2.19. The predicted octanol–water partition coefficient (Wildman–Crippen LogP) is 2.38. The van der Waals surface area contributed by atoms with Gasteiger partial charge in [-0.2, -0.15) is 0 Å². The van der Waals surface area contributed by atoms with E-state index < -0.39 is 0 Å². The summed E-state index contributed by atoms with van der Waals surface area (Å²) in [6.45, 7) is 3.96. The van der Waals surface area contributed by atoms with Crippen LogP contribution in [0.25, 0.3) is 0 Å². The van der Waals surface area contributed by atoms with E-state index in [4.69, 9.17) is 4.74 Å². The van der Waals surface area contributed by atoms with Crippen molar-refractivity contribution in [2.75, 3.05) is 25.5 Å². The maximum atomic E-state index is 12.0. The van der Waals surface area contributed by atoms with Gasteiger partial charge in [0.25, 0.3) is 0 Å². The van der Waals surface area contributed by atoms with E-state index in [9.17, 15) is 4.79 Å². The summed E-state index contributed by atoms with van der Waals surface area (Å²) in [6.07, 6.45) is 1.89. The minimum absolute atomic E-state index is 0. The van der Waals surface area contributed by atoms with Gasteiger partial charge in [0.05, 0.1) is 7.11 Å². The first-order valence-corrected chi connectivity index (χ1v) is 6.55. The van der Waals surface area contributed by atoms with Crippen LogP contribution in [-0.4, -0.2) is 31.8 Å². The van der Waals surface area contributed by atoms with Crippen LogP contribution in [0.2, 0.25) is 0 Å². The van der Waals surface area contributed by atoms with Crippen molar-refractivity contribution in [1.29, 1.82) is 0 Å². The molecule has 2 rings (SSSR count). The zero-order valence-electron chi connectivity index (χ0n) is 11.9. The van der Waals surface area contributed by atoms with E-state index in [0.717, 1.165) is 37.4 Å². The maximum Gasteiger partial charge on any atom is 0.319 e. The molecule has 0 saturated carbocycles. The van der Waals surface area contributed by atoms with Gasteiger partial charge < -0.3 is 20.7 Å². The van der Waals surface area contributed by atoms with Crippen molar-refractivity contribution in [3.8, 4) is 5.75 Å². The van der Waals surface area contributed by atoms with E-state index in [1.54, 1.807) is 13.2 Å². The van der Waals surface area contributed by atoms with E-state index in [1.807, 2.05) is 18.2 Å².